The minimum Gasteiger partial charge on any atom is -0.339 e. The quantitative estimate of drug-likeness (QED) is 0.776. The Labute approximate surface area is 104 Å². The molecule has 0 aliphatic carbocycles. The molecular weight excluding hydrogens is 214 g/mol. The van der Waals surface area contributed by atoms with Crippen molar-refractivity contribution >= 4 is 5.91 Å². The van der Waals surface area contributed by atoms with E-state index in [0.29, 0.717) is 24.5 Å². The Morgan fingerprint density at radius 2 is 1.88 bits per heavy atom. The molecule has 17 heavy (non-hydrogen) atoms. The smallest absolute Gasteiger partial charge is 0.236 e. The average Bonchev–Trinajstić information content (AvgIpc) is 2.32. The first-order valence-electron chi connectivity index (χ1n) is 6.94. The molecule has 0 bridgehead atoms. The number of rotatable bonds is 2. The third-order valence-electron chi connectivity index (χ3n) is 4.11. The molecule has 1 atom stereocenters. The predicted molar refractivity (Wildman–Crippen MR) is 68.7 cm³/mol. The number of hydrogen-bond donors (Lipinski definition) is 1. The molecule has 0 spiro atoms. The molecule has 2 saturated heterocycles. The van der Waals surface area contributed by atoms with Crippen LogP contribution in [0, 0.1) is 0 Å². The van der Waals surface area contributed by atoms with Crippen LogP contribution >= 0.6 is 0 Å². The van der Waals surface area contributed by atoms with Gasteiger partial charge in [0.25, 0.3) is 0 Å². The largest absolute Gasteiger partial charge is 0.339 e. The lowest BCUT2D eigenvalue weighted by Gasteiger charge is -2.36. The third kappa shape index (κ3) is 3.42. The molecule has 98 valence electrons. The number of nitrogens with two attached hydrogens (primary N) is 1. The van der Waals surface area contributed by atoms with Gasteiger partial charge >= 0.3 is 0 Å². The first-order chi connectivity index (χ1) is 8.16. The maximum atomic E-state index is 12.2. The lowest BCUT2D eigenvalue weighted by Crippen LogP contribution is -2.49. The van der Waals surface area contributed by atoms with Gasteiger partial charge in [-0.15, -0.1) is 0 Å². The fourth-order valence-corrected chi connectivity index (χ4v) is 2.86. The maximum absolute atomic E-state index is 12.2. The fourth-order valence-electron chi connectivity index (χ4n) is 2.86. The Bertz CT molecular complexity index is 261. The van der Waals surface area contributed by atoms with E-state index in [1.54, 1.807) is 0 Å². The van der Waals surface area contributed by atoms with E-state index in [1.807, 2.05) is 0 Å². The minimum absolute atomic E-state index is 0.313. The SMILES string of the molecule is C[C@H]1CCCCN1C(=O)CN1CCC(N)CC1. The van der Waals surface area contributed by atoms with E-state index in [4.69, 9.17) is 5.73 Å². The molecule has 1 amide bonds. The van der Waals surface area contributed by atoms with Crippen LogP contribution < -0.4 is 5.73 Å². The van der Waals surface area contributed by atoms with Gasteiger partial charge in [0, 0.05) is 31.7 Å². The molecule has 0 aromatic carbocycles. The van der Waals surface area contributed by atoms with Gasteiger partial charge < -0.3 is 10.6 Å². The molecule has 0 unspecified atom stereocenters. The van der Waals surface area contributed by atoms with E-state index in [0.717, 1.165) is 38.9 Å². The van der Waals surface area contributed by atoms with Crippen molar-refractivity contribution in [2.24, 2.45) is 5.73 Å². The van der Waals surface area contributed by atoms with Gasteiger partial charge in [-0.25, -0.2) is 0 Å². The molecule has 2 N–H and O–H groups in total. The first-order valence-corrected chi connectivity index (χ1v) is 6.94. The highest BCUT2D eigenvalue weighted by Crippen LogP contribution is 2.17. The van der Waals surface area contributed by atoms with Gasteiger partial charge in [0.2, 0.25) is 5.91 Å². The normalized spacial score (nSPS) is 28.4. The topological polar surface area (TPSA) is 49.6 Å². The van der Waals surface area contributed by atoms with E-state index < -0.39 is 0 Å². The van der Waals surface area contributed by atoms with Crippen molar-refractivity contribution in [2.75, 3.05) is 26.2 Å². The van der Waals surface area contributed by atoms with E-state index in [1.165, 1.54) is 12.8 Å². The number of piperidine rings is 2. The van der Waals surface area contributed by atoms with Crippen molar-refractivity contribution in [3.8, 4) is 0 Å². The summed E-state index contributed by atoms with van der Waals surface area (Å²) in [6.45, 7) is 5.68. The summed E-state index contributed by atoms with van der Waals surface area (Å²) in [7, 11) is 0. The zero-order chi connectivity index (χ0) is 12.3. The van der Waals surface area contributed by atoms with Crippen LogP contribution in [0.25, 0.3) is 0 Å². The summed E-state index contributed by atoms with van der Waals surface area (Å²) in [4.78, 5) is 16.5. The van der Waals surface area contributed by atoms with Crippen molar-refractivity contribution in [3.63, 3.8) is 0 Å². The van der Waals surface area contributed by atoms with Crippen molar-refractivity contribution in [2.45, 2.75) is 51.1 Å². The number of likely N-dealkylation sites (tertiary alicyclic amines) is 2. The number of carbonyl (C=O) groups is 1. The van der Waals surface area contributed by atoms with E-state index in [9.17, 15) is 4.79 Å². The molecule has 2 aliphatic heterocycles. The van der Waals surface area contributed by atoms with E-state index in [2.05, 4.69) is 16.7 Å². The molecule has 0 radical (unpaired) electrons. The molecule has 0 aromatic heterocycles. The molecule has 2 aliphatic rings. The van der Waals surface area contributed by atoms with Gasteiger partial charge in [-0.2, -0.15) is 0 Å². The summed E-state index contributed by atoms with van der Waals surface area (Å²) < 4.78 is 0. The second-order valence-electron chi connectivity index (χ2n) is 5.55. The van der Waals surface area contributed by atoms with Crippen LogP contribution in [0.15, 0.2) is 0 Å². The summed E-state index contributed by atoms with van der Waals surface area (Å²) in [6.07, 6.45) is 5.66. The summed E-state index contributed by atoms with van der Waals surface area (Å²) in [6, 6.07) is 0.776. The van der Waals surface area contributed by atoms with Gasteiger partial charge in [0.15, 0.2) is 0 Å². The lowest BCUT2D eigenvalue weighted by molar-refractivity contribution is -0.135. The van der Waals surface area contributed by atoms with Crippen LogP contribution in [-0.4, -0.2) is 54.0 Å². The zero-order valence-corrected chi connectivity index (χ0v) is 10.9. The second-order valence-corrected chi connectivity index (χ2v) is 5.55. The van der Waals surface area contributed by atoms with Gasteiger partial charge in [-0.1, -0.05) is 0 Å². The second kappa shape index (κ2) is 5.83. The van der Waals surface area contributed by atoms with Gasteiger partial charge in [0.1, 0.15) is 0 Å². The van der Waals surface area contributed by atoms with Crippen molar-refractivity contribution in [3.05, 3.63) is 0 Å². The van der Waals surface area contributed by atoms with Crippen molar-refractivity contribution < 1.29 is 4.79 Å². The third-order valence-corrected chi connectivity index (χ3v) is 4.11. The highest BCUT2D eigenvalue weighted by molar-refractivity contribution is 5.78. The molecule has 0 saturated carbocycles. The lowest BCUT2D eigenvalue weighted by atomic mass is 10.0. The number of hydrogen-bond acceptors (Lipinski definition) is 3. The predicted octanol–water partition coefficient (Wildman–Crippen LogP) is 0.811. The molecule has 2 rings (SSSR count). The molecule has 2 heterocycles. The molecular formula is C13H25N3O. The Balaban J connectivity index is 1.79. The number of amides is 1. The maximum Gasteiger partial charge on any atom is 0.236 e. The van der Waals surface area contributed by atoms with Gasteiger partial charge in [-0.05, 0) is 39.0 Å². The minimum atomic E-state index is 0.313. The van der Waals surface area contributed by atoms with Crippen LogP contribution in [0.5, 0.6) is 0 Å². The van der Waals surface area contributed by atoms with Crippen LogP contribution in [0.1, 0.15) is 39.0 Å². The highest BCUT2D eigenvalue weighted by atomic mass is 16.2. The Kier molecular flexibility index (Phi) is 4.40. The molecule has 2 fully saturated rings. The molecule has 4 nitrogen and oxygen atoms in total. The van der Waals surface area contributed by atoms with Crippen molar-refractivity contribution in [1.82, 2.24) is 9.80 Å². The van der Waals surface area contributed by atoms with E-state index >= 15 is 0 Å². The first kappa shape index (κ1) is 12.8. The van der Waals surface area contributed by atoms with Crippen LogP contribution in [0.2, 0.25) is 0 Å². The number of carbonyl (C=O) groups excluding carboxylic acids is 1. The van der Waals surface area contributed by atoms with Crippen LogP contribution in [0.3, 0.4) is 0 Å². The van der Waals surface area contributed by atoms with Crippen molar-refractivity contribution in [1.29, 1.82) is 0 Å². The van der Waals surface area contributed by atoms with Crippen LogP contribution in [0.4, 0.5) is 0 Å². The summed E-state index contributed by atoms with van der Waals surface area (Å²) in [5.41, 5.74) is 5.87. The number of nitrogens with zero attached hydrogens (tertiary/aromatic N) is 2. The van der Waals surface area contributed by atoms with Gasteiger partial charge in [0.05, 0.1) is 6.54 Å². The van der Waals surface area contributed by atoms with E-state index in [-0.39, 0.29) is 0 Å². The Hall–Kier alpha value is -0.610. The summed E-state index contributed by atoms with van der Waals surface area (Å²) in [5, 5.41) is 0. The Morgan fingerprint density at radius 1 is 1.18 bits per heavy atom. The average molecular weight is 239 g/mol. The molecule has 4 heteroatoms. The standard InChI is InChI=1S/C13H25N3O/c1-11-4-2-3-7-16(11)13(17)10-15-8-5-12(14)6-9-15/h11-12H,2-10,14H2,1H3/t11-/m0/s1. The van der Waals surface area contributed by atoms with Crippen LogP contribution in [-0.2, 0) is 4.79 Å². The van der Waals surface area contributed by atoms with Gasteiger partial charge in [-0.3, -0.25) is 9.69 Å². The summed E-state index contributed by atoms with van der Waals surface area (Å²) >= 11 is 0. The summed E-state index contributed by atoms with van der Waals surface area (Å²) in [5.74, 6) is 0.313. The zero-order valence-electron chi connectivity index (χ0n) is 10.9. The fraction of sp³-hybridized carbons (Fsp3) is 0.923. The Morgan fingerprint density at radius 3 is 2.53 bits per heavy atom. The molecule has 0 aromatic rings. The highest BCUT2D eigenvalue weighted by Gasteiger charge is 2.25. The monoisotopic (exact) mass is 239 g/mol.